The maximum atomic E-state index is 13.2. The zero-order valence-corrected chi connectivity index (χ0v) is 10.8. The zero-order valence-electron chi connectivity index (χ0n) is 9.25. The first-order valence-electron chi connectivity index (χ1n) is 5.24. The maximum Gasteiger partial charge on any atom is 0.159 e. The molecule has 1 atom stereocenters. The van der Waals surface area contributed by atoms with Gasteiger partial charge in [0.15, 0.2) is 11.6 Å². The van der Waals surface area contributed by atoms with Crippen molar-refractivity contribution in [3.8, 4) is 0 Å². The molecule has 1 unspecified atom stereocenters. The minimum absolute atomic E-state index is 0.126. The van der Waals surface area contributed by atoms with Crippen LogP contribution >= 0.6 is 15.9 Å². The first-order chi connectivity index (χ1) is 8.09. The molecule has 0 N–H and O–H groups in total. The standard InChI is InChI=1S/C14H11BrF2/c1-9-4-2-3-5-11(9)14(15)10-6-7-12(16)13(17)8-10/h2-8,14H,1H3. The second kappa shape index (κ2) is 4.96. The summed E-state index contributed by atoms with van der Waals surface area (Å²) in [5.41, 5.74) is 2.87. The molecule has 0 fully saturated rings. The molecule has 88 valence electrons. The minimum Gasteiger partial charge on any atom is -0.204 e. The van der Waals surface area contributed by atoms with E-state index in [9.17, 15) is 8.78 Å². The first kappa shape index (κ1) is 12.2. The fourth-order valence-electron chi connectivity index (χ4n) is 1.72. The van der Waals surface area contributed by atoms with Crippen LogP contribution in [0, 0.1) is 18.6 Å². The Morgan fingerprint density at radius 2 is 1.71 bits per heavy atom. The van der Waals surface area contributed by atoms with Gasteiger partial charge in [0.1, 0.15) is 0 Å². The molecule has 17 heavy (non-hydrogen) atoms. The quantitative estimate of drug-likeness (QED) is 0.701. The molecule has 0 aromatic heterocycles. The summed E-state index contributed by atoms with van der Waals surface area (Å²) in [6.07, 6.45) is 0. The number of halogens is 3. The molecule has 0 aliphatic carbocycles. The third-order valence-electron chi connectivity index (χ3n) is 2.70. The number of hydrogen-bond donors (Lipinski definition) is 0. The average Bonchev–Trinajstić information content (AvgIpc) is 2.32. The summed E-state index contributed by atoms with van der Waals surface area (Å²) in [5.74, 6) is -1.64. The number of rotatable bonds is 2. The molecule has 0 bridgehead atoms. The van der Waals surface area contributed by atoms with Gasteiger partial charge >= 0.3 is 0 Å². The fourth-order valence-corrected chi connectivity index (χ4v) is 2.52. The van der Waals surface area contributed by atoms with E-state index < -0.39 is 11.6 Å². The van der Waals surface area contributed by atoms with Crippen LogP contribution in [-0.4, -0.2) is 0 Å². The summed E-state index contributed by atoms with van der Waals surface area (Å²) in [4.78, 5) is -0.126. The van der Waals surface area contributed by atoms with E-state index in [1.807, 2.05) is 31.2 Å². The number of aryl methyl sites for hydroxylation is 1. The Kier molecular flexibility index (Phi) is 3.57. The Hall–Kier alpha value is -1.22. The van der Waals surface area contributed by atoms with Crippen molar-refractivity contribution in [2.75, 3.05) is 0 Å². The van der Waals surface area contributed by atoms with Crippen molar-refractivity contribution in [2.45, 2.75) is 11.8 Å². The molecule has 0 heterocycles. The van der Waals surface area contributed by atoms with E-state index in [1.54, 1.807) is 6.07 Å². The van der Waals surface area contributed by atoms with Gasteiger partial charge in [0.2, 0.25) is 0 Å². The summed E-state index contributed by atoms with van der Waals surface area (Å²) in [6.45, 7) is 1.99. The van der Waals surface area contributed by atoms with E-state index in [-0.39, 0.29) is 4.83 Å². The van der Waals surface area contributed by atoms with E-state index in [0.717, 1.165) is 17.2 Å². The molecule has 0 amide bonds. The number of alkyl halides is 1. The lowest BCUT2D eigenvalue weighted by molar-refractivity contribution is 0.507. The fraction of sp³-hybridized carbons (Fsp3) is 0.143. The first-order valence-corrected chi connectivity index (χ1v) is 6.15. The lowest BCUT2D eigenvalue weighted by atomic mass is 10.0. The van der Waals surface area contributed by atoms with Crippen LogP contribution in [0.1, 0.15) is 21.5 Å². The maximum absolute atomic E-state index is 13.2. The van der Waals surface area contributed by atoms with Gasteiger partial charge in [0, 0.05) is 0 Å². The van der Waals surface area contributed by atoms with Gasteiger partial charge in [-0.15, -0.1) is 0 Å². The minimum atomic E-state index is -0.821. The van der Waals surface area contributed by atoms with Crippen molar-refractivity contribution in [2.24, 2.45) is 0 Å². The summed E-state index contributed by atoms with van der Waals surface area (Å²) >= 11 is 3.51. The summed E-state index contributed by atoms with van der Waals surface area (Å²) in [5, 5.41) is 0. The second-order valence-corrected chi connectivity index (χ2v) is 4.81. The Morgan fingerprint density at radius 3 is 2.35 bits per heavy atom. The molecular formula is C14H11BrF2. The lowest BCUT2D eigenvalue weighted by Crippen LogP contribution is -1.97. The number of benzene rings is 2. The lowest BCUT2D eigenvalue weighted by Gasteiger charge is -2.13. The third-order valence-corrected chi connectivity index (χ3v) is 3.72. The monoisotopic (exact) mass is 296 g/mol. The molecule has 0 radical (unpaired) electrons. The summed E-state index contributed by atoms with van der Waals surface area (Å²) in [6, 6.07) is 11.8. The van der Waals surface area contributed by atoms with Gasteiger partial charge in [0.25, 0.3) is 0 Å². The molecule has 0 saturated carbocycles. The molecule has 0 aliphatic rings. The highest BCUT2D eigenvalue weighted by Crippen LogP contribution is 2.33. The molecule has 0 saturated heterocycles. The van der Waals surface area contributed by atoms with Gasteiger partial charge in [-0.1, -0.05) is 46.3 Å². The van der Waals surface area contributed by atoms with Crippen molar-refractivity contribution in [3.05, 3.63) is 70.8 Å². The van der Waals surface area contributed by atoms with Crippen LogP contribution in [0.3, 0.4) is 0 Å². The predicted octanol–water partition coefficient (Wildman–Crippen LogP) is 4.76. The van der Waals surface area contributed by atoms with E-state index in [2.05, 4.69) is 15.9 Å². The van der Waals surface area contributed by atoms with Crippen LogP contribution in [0.5, 0.6) is 0 Å². The normalized spacial score (nSPS) is 12.5. The van der Waals surface area contributed by atoms with Crippen LogP contribution in [0.4, 0.5) is 8.78 Å². The smallest absolute Gasteiger partial charge is 0.159 e. The predicted molar refractivity (Wildman–Crippen MR) is 68.3 cm³/mol. The highest BCUT2D eigenvalue weighted by atomic mass is 79.9. The molecular weight excluding hydrogens is 286 g/mol. The van der Waals surface area contributed by atoms with Gasteiger partial charge < -0.3 is 0 Å². The largest absolute Gasteiger partial charge is 0.204 e. The van der Waals surface area contributed by atoms with Gasteiger partial charge in [0.05, 0.1) is 4.83 Å². The average molecular weight is 297 g/mol. The van der Waals surface area contributed by atoms with Crippen molar-refractivity contribution < 1.29 is 8.78 Å². The summed E-state index contributed by atoms with van der Waals surface area (Å²) in [7, 11) is 0. The molecule has 0 aliphatic heterocycles. The zero-order chi connectivity index (χ0) is 12.4. The van der Waals surface area contributed by atoms with E-state index in [1.165, 1.54) is 6.07 Å². The topological polar surface area (TPSA) is 0 Å². The van der Waals surface area contributed by atoms with Crippen LogP contribution in [-0.2, 0) is 0 Å². The highest BCUT2D eigenvalue weighted by Gasteiger charge is 2.14. The Labute approximate surface area is 107 Å². The van der Waals surface area contributed by atoms with Crippen LogP contribution in [0.25, 0.3) is 0 Å². The Bertz CT molecular complexity index is 537. The number of hydrogen-bond acceptors (Lipinski definition) is 0. The van der Waals surface area contributed by atoms with Gasteiger partial charge in [-0.05, 0) is 35.7 Å². The van der Waals surface area contributed by atoms with E-state index in [4.69, 9.17) is 0 Å². The second-order valence-electron chi connectivity index (χ2n) is 3.89. The van der Waals surface area contributed by atoms with Gasteiger partial charge in [-0.2, -0.15) is 0 Å². The van der Waals surface area contributed by atoms with Crippen LogP contribution in [0.2, 0.25) is 0 Å². The molecule has 2 aromatic rings. The molecule has 0 spiro atoms. The van der Waals surface area contributed by atoms with Crippen LogP contribution < -0.4 is 0 Å². The SMILES string of the molecule is Cc1ccccc1C(Br)c1ccc(F)c(F)c1. The highest BCUT2D eigenvalue weighted by molar-refractivity contribution is 9.09. The van der Waals surface area contributed by atoms with Crippen molar-refractivity contribution >= 4 is 15.9 Å². The van der Waals surface area contributed by atoms with Crippen molar-refractivity contribution in [3.63, 3.8) is 0 Å². The third kappa shape index (κ3) is 2.55. The van der Waals surface area contributed by atoms with Crippen molar-refractivity contribution in [1.82, 2.24) is 0 Å². The van der Waals surface area contributed by atoms with Gasteiger partial charge in [-0.3, -0.25) is 0 Å². The van der Waals surface area contributed by atoms with E-state index in [0.29, 0.717) is 5.56 Å². The van der Waals surface area contributed by atoms with Crippen LogP contribution in [0.15, 0.2) is 42.5 Å². The van der Waals surface area contributed by atoms with E-state index >= 15 is 0 Å². The Balaban J connectivity index is 2.40. The van der Waals surface area contributed by atoms with Gasteiger partial charge in [-0.25, -0.2) is 8.78 Å². The molecule has 0 nitrogen and oxygen atoms in total. The molecule has 3 heteroatoms. The molecule has 2 aromatic carbocycles. The molecule has 2 rings (SSSR count). The van der Waals surface area contributed by atoms with Crippen molar-refractivity contribution in [1.29, 1.82) is 0 Å². The Morgan fingerprint density at radius 1 is 1.00 bits per heavy atom. The summed E-state index contributed by atoms with van der Waals surface area (Å²) < 4.78 is 26.0.